The van der Waals surface area contributed by atoms with E-state index in [4.69, 9.17) is 0 Å². The molecular weight excluding hydrogens is 611 g/mol. The Labute approximate surface area is 287 Å². The fraction of sp³-hybridized carbons (Fsp3) is 0. The molecule has 2 aromatic heterocycles. The number of nitrogens with zero attached hydrogens (tertiary/aromatic N) is 5. The highest BCUT2D eigenvalue weighted by Crippen LogP contribution is 2.38. The van der Waals surface area contributed by atoms with Crippen LogP contribution in [0.1, 0.15) is 16.7 Å². The van der Waals surface area contributed by atoms with Gasteiger partial charge in [-0.1, -0.05) is 78.9 Å². The lowest BCUT2D eigenvalue weighted by molar-refractivity contribution is 1.18. The van der Waals surface area contributed by atoms with E-state index in [1.807, 2.05) is 78.9 Å². The Bertz CT molecular complexity index is 2960. The SMILES string of the molecule is N#Cc1ccc(-n2c3ccccc3c3cc(C#N)ccc32)c(-c2ccc(-c3cccc(-n4c5ccccc5c5ccc(C#N)cc54)c3)cc2)c1. The quantitative estimate of drug-likeness (QED) is 0.193. The molecule has 0 saturated carbocycles. The van der Waals surface area contributed by atoms with Gasteiger partial charge in [-0.05, 0) is 89.5 Å². The van der Waals surface area contributed by atoms with Crippen LogP contribution in [0, 0.1) is 34.0 Å². The Kier molecular flexibility index (Phi) is 6.56. The largest absolute Gasteiger partial charge is 0.309 e. The van der Waals surface area contributed by atoms with Crippen molar-refractivity contribution in [3.63, 3.8) is 0 Å². The monoisotopic (exact) mass is 635 g/mol. The van der Waals surface area contributed by atoms with Crippen molar-refractivity contribution in [1.82, 2.24) is 9.13 Å². The number of hydrogen-bond acceptors (Lipinski definition) is 3. The molecule has 0 aliphatic rings. The Hall–Kier alpha value is -7.39. The predicted molar refractivity (Wildman–Crippen MR) is 200 cm³/mol. The standard InChI is InChI=1S/C45H25N5/c46-26-29-13-20-43(50-42-11-4-2-9-37(42)40-23-30(27-47)14-21-44(40)50)39(22-29)33-17-15-32(16-18-33)34-6-5-7-35(25-34)49-41-10-3-1-8-36(41)38-19-12-31(28-48)24-45(38)49/h1-25H. The van der Waals surface area contributed by atoms with Gasteiger partial charge in [0.2, 0.25) is 0 Å². The Balaban J connectivity index is 1.17. The summed E-state index contributed by atoms with van der Waals surface area (Å²) < 4.78 is 4.46. The van der Waals surface area contributed by atoms with E-state index in [9.17, 15) is 15.8 Å². The van der Waals surface area contributed by atoms with Gasteiger partial charge in [0.15, 0.2) is 0 Å². The van der Waals surface area contributed by atoms with Crippen LogP contribution in [0.4, 0.5) is 0 Å². The molecule has 9 aromatic rings. The maximum Gasteiger partial charge on any atom is 0.0992 e. The van der Waals surface area contributed by atoms with Crippen LogP contribution >= 0.6 is 0 Å². The summed E-state index contributed by atoms with van der Waals surface area (Å²) in [5.74, 6) is 0. The molecule has 0 aliphatic heterocycles. The molecule has 7 aromatic carbocycles. The van der Waals surface area contributed by atoms with Gasteiger partial charge in [-0.25, -0.2) is 0 Å². The lowest BCUT2D eigenvalue weighted by Crippen LogP contribution is -1.98. The van der Waals surface area contributed by atoms with Crippen molar-refractivity contribution in [2.24, 2.45) is 0 Å². The first-order valence-corrected chi connectivity index (χ1v) is 16.3. The molecule has 230 valence electrons. The Morgan fingerprint density at radius 3 is 1.70 bits per heavy atom. The van der Waals surface area contributed by atoms with E-state index in [0.717, 1.165) is 77.2 Å². The molecule has 0 fully saturated rings. The number of benzene rings is 7. The first-order chi connectivity index (χ1) is 24.6. The molecule has 5 heteroatoms. The van der Waals surface area contributed by atoms with Crippen LogP contribution in [0.3, 0.4) is 0 Å². The van der Waals surface area contributed by atoms with E-state index in [-0.39, 0.29) is 0 Å². The minimum atomic E-state index is 0.582. The first kappa shape index (κ1) is 28.8. The second-order valence-corrected chi connectivity index (χ2v) is 12.4. The number of fused-ring (bicyclic) bond motifs is 6. The highest BCUT2D eigenvalue weighted by atomic mass is 15.0. The van der Waals surface area contributed by atoms with Gasteiger partial charge in [0, 0.05) is 32.8 Å². The zero-order valence-corrected chi connectivity index (χ0v) is 26.7. The number of hydrogen-bond donors (Lipinski definition) is 0. The first-order valence-electron chi connectivity index (χ1n) is 16.3. The smallest absolute Gasteiger partial charge is 0.0992 e. The Morgan fingerprint density at radius 2 is 0.940 bits per heavy atom. The normalized spacial score (nSPS) is 11.1. The van der Waals surface area contributed by atoms with Crippen molar-refractivity contribution in [2.75, 3.05) is 0 Å². The van der Waals surface area contributed by atoms with Gasteiger partial charge >= 0.3 is 0 Å². The summed E-state index contributed by atoms with van der Waals surface area (Å²) in [6, 6.07) is 57.9. The summed E-state index contributed by atoms with van der Waals surface area (Å²) in [5, 5.41) is 33.5. The van der Waals surface area contributed by atoms with Crippen LogP contribution < -0.4 is 0 Å². The molecule has 0 amide bonds. The van der Waals surface area contributed by atoms with Gasteiger partial charge < -0.3 is 9.13 Å². The van der Waals surface area contributed by atoms with Gasteiger partial charge in [-0.2, -0.15) is 15.8 Å². The molecule has 0 N–H and O–H groups in total. The third-order valence-electron chi connectivity index (χ3n) is 9.60. The Morgan fingerprint density at radius 1 is 0.360 bits per heavy atom. The fourth-order valence-corrected chi connectivity index (χ4v) is 7.32. The summed E-state index contributed by atoms with van der Waals surface area (Å²) in [4.78, 5) is 0. The van der Waals surface area contributed by atoms with Crippen LogP contribution in [0.2, 0.25) is 0 Å². The molecule has 0 bridgehead atoms. The average Bonchev–Trinajstić information content (AvgIpc) is 3.69. The van der Waals surface area contributed by atoms with Crippen molar-refractivity contribution in [2.45, 2.75) is 0 Å². The van der Waals surface area contributed by atoms with E-state index >= 15 is 0 Å². The zero-order chi connectivity index (χ0) is 33.8. The number of aromatic nitrogens is 2. The summed E-state index contributed by atoms with van der Waals surface area (Å²) in [7, 11) is 0. The van der Waals surface area contributed by atoms with E-state index in [0.29, 0.717) is 16.7 Å². The van der Waals surface area contributed by atoms with E-state index in [2.05, 4.69) is 100 Å². The van der Waals surface area contributed by atoms with Crippen LogP contribution in [0.5, 0.6) is 0 Å². The molecule has 0 spiro atoms. The lowest BCUT2D eigenvalue weighted by Gasteiger charge is -2.15. The second kappa shape index (κ2) is 11.4. The minimum absolute atomic E-state index is 0.582. The average molecular weight is 636 g/mol. The summed E-state index contributed by atoms with van der Waals surface area (Å²) in [6.07, 6.45) is 0. The zero-order valence-electron chi connectivity index (χ0n) is 26.7. The van der Waals surface area contributed by atoms with Crippen molar-refractivity contribution in [1.29, 1.82) is 15.8 Å². The highest BCUT2D eigenvalue weighted by Gasteiger charge is 2.18. The number of para-hydroxylation sites is 2. The van der Waals surface area contributed by atoms with Gasteiger partial charge in [0.25, 0.3) is 0 Å². The van der Waals surface area contributed by atoms with Crippen molar-refractivity contribution < 1.29 is 0 Å². The second-order valence-electron chi connectivity index (χ2n) is 12.4. The molecule has 0 aliphatic carbocycles. The molecule has 0 atom stereocenters. The number of nitriles is 3. The van der Waals surface area contributed by atoms with Crippen LogP contribution in [-0.4, -0.2) is 9.13 Å². The third-order valence-corrected chi connectivity index (χ3v) is 9.60. The highest BCUT2D eigenvalue weighted by molar-refractivity contribution is 6.11. The van der Waals surface area contributed by atoms with E-state index in [1.165, 1.54) is 0 Å². The third kappa shape index (κ3) is 4.45. The van der Waals surface area contributed by atoms with Gasteiger partial charge in [0.05, 0.1) is 62.7 Å². The summed E-state index contributed by atoms with van der Waals surface area (Å²) in [6.45, 7) is 0. The fourth-order valence-electron chi connectivity index (χ4n) is 7.32. The molecule has 5 nitrogen and oxygen atoms in total. The van der Waals surface area contributed by atoms with Gasteiger partial charge in [-0.3, -0.25) is 0 Å². The maximum atomic E-state index is 9.88. The van der Waals surface area contributed by atoms with Crippen molar-refractivity contribution in [3.8, 4) is 51.8 Å². The molecule has 0 saturated heterocycles. The van der Waals surface area contributed by atoms with Crippen LogP contribution in [0.25, 0.3) is 77.2 Å². The van der Waals surface area contributed by atoms with E-state index in [1.54, 1.807) is 0 Å². The lowest BCUT2D eigenvalue weighted by atomic mass is 9.97. The summed E-state index contributed by atoms with van der Waals surface area (Å²) in [5.41, 5.74) is 12.0. The topological polar surface area (TPSA) is 81.2 Å². The van der Waals surface area contributed by atoms with Gasteiger partial charge in [0.1, 0.15) is 0 Å². The molecule has 0 unspecified atom stereocenters. The summed E-state index contributed by atoms with van der Waals surface area (Å²) >= 11 is 0. The molecule has 2 heterocycles. The molecular formula is C45H25N5. The molecule has 50 heavy (non-hydrogen) atoms. The van der Waals surface area contributed by atoms with E-state index < -0.39 is 0 Å². The molecule has 0 radical (unpaired) electrons. The maximum absolute atomic E-state index is 9.88. The predicted octanol–water partition coefficient (Wildman–Crippen LogP) is 10.8. The van der Waals surface area contributed by atoms with Crippen molar-refractivity contribution in [3.05, 3.63) is 168 Å². The van der Waals surface area contributed by atoms with Gasteiger partial charge in [-0.15, -0.1) is 0 Å². The minimum Gasteiger partial charge on any atom is -0.309 e. The van der Waals surface area contributed by atoms with Crippen LogP contribution in [0.15, 0.2) is 152 Å². The van der Waals surface area contributed by atoms with Crippen molar-refractivity contribution >= 4 is 43.6 Å². The number of rotatable bonds is 4. The molecule has 9 rings (SSSR count). The van der Waals surface area contributed by atoms with Crippen LogP contribution in [-0.2, 0) is 0 Å².